The van der Waals surface area contributed by atoms with Gasteiger partial charge in [-0.25, -0.2) is 0 Å². The number of nitrogens with zero attached hydrogens (tertiary/aromatic N) is 3. The van der Waals surface area contributed by atoms with Gasteiger partial charge in [0.25, 0.3) is 0 Å². The van der Waals surface area contributed by atoms with Gasteiger partial charge in [0.2, 0.25) is 0 Å². The van der Waals surface area contributed by atoms with Crippen LogP contribution in [0.2, 0.25) is 0 Å². The van der Waals surface area contributed by atoms with Gasteiger partial charge in [-0.2, -0.15) is 0 Å². The van der Waals surface area contributed by atoms with E-state index in [4.69, 9.17) is 0 Å². The molecular weight excluding hydrogens is 154 g/mol. The van der Waals surface area contributed by atoms with Crippen molar-refractivity contribution in [1.29, 1.82) is 0 Å². The van der Waals surface area contributed by atoms with E-state index in [1.807, 2.05) is 6.92 Å². The fourth-order valence-electron chi connectivity index (χ4n) is 1.52. The standard InChI is InChI=1S/C8H11N3O/c1-2-7-9-10-8-5-6(12)3-4-11(7)8/h2-5H2,1H3. The zero-order valence-electron chi connectivity index (χ0n) is 7.08. The average Bonchev–Trinajstić information content (AvgIpc) is 2.46. The summed E-state index contributed by atoms with van der Waals surface area (Å²) in [5.74, 6) is 2.11. The molecule has 1 aromatic heterocycles. The quantitative estimate of drug-likeness (QED) is 0.603. The van der Waals surface area contributed by atoms with Gasteiger partial charge in [0.1, 0.15) is 17.4 Å². The lowest BCUT2D eigenvalue weighted by atomic mass is 10.1. The van der Waals surface area contributed by atoms with Crippen molar-refractivity contribution < 1.29 is 4.79 Å². The Labute approximate surface area is 70.6 Å². The second kappa shape index (κ2) is 2.69. The molecule has 0 bridgehead atoms. The lowest BCUT2D eigenvalue weighted by Gasteiger charge is -2.12. The van der Waals surface area contributed by atoms with E-state index in [0.29, 0.717) is 12.8 Å². The van der Waals surface area contributed by atoms with E-state index >= 15 is 0 Å². The van der Waals surface area contributed by atoms with E-state index in [-0.39, 0.29) is 5.78 Å². The molecule has 0 aliphatic carbocycles. The van der Waals surface area contributed by atoms with Gasteiger partial charge in [0.05, 0.1) is 6.42 Å². The molecule has 0 saturated carbocycles. The molecule has 64 valence electrons. The summed E-state index contributed by atoms with van der Waals surface area (Å²) in [6.45, 7) is 2.82. The van der Waals surface area contributed by atoms with Crippen LogP contribution in [0.4, 0.5) is 0 Å². The summed E-state index contributed by atoms with van der Waals surface area (Å²) in [4.78, 5) is 11.0. The topological polar surface area (TPSA) is 47.8 Å². The second-order valence-corrected chi connectivity index (χ2v) is 3.00. The number of fused-ring (bicyclic) bond motifs is 1. The number of rotatable bonds is 1. The first-order valence-electron chi connectivity index (χ1n) is 4.24. The molecule has 0 amide bonds. The third-order valence-corrected chi connectivity index (χ3v) is 2.19. The first-order chi connectivity index (χ1) is 5.81. The normalized spacial score (nSPS) is 16.2. The van der Waals surface area contributed by atoms with Crippen LogP contribution in [0.1, 0.15) is 25.0 Å². The van der Waals surface area contributed by atoms with E-state index < -0.39 is 0 Å². The number of carbonyl (C=O) groups is 1. The molecule has 0 aromatic carbocycles. The SMILES string of the molecule is CCc1nnc2n1CCC(=O)C2. The molecule has 0 fully saturated rings. The van der Waals surface area contributed by atoms with Crippen molar-refractivity contribution in [2.45, 2.75) is 32.7 Å². The van der Waals surface area contributed by atoms with Crippen LogP contribution in [-0.2, 0) is 24.2 Å². The van der Waals surface area contributed by atoms with Crippen molar-refractivity contribution in [2.24, 2.45) is 0 Å². The Morgan fingerprint density at radius 2 is 2.33 bits per heavy atom. The van der Waals surface area contributed by atoms with Crippen LogP contribution in [0.3, 0.4) is 0 Å². The fourth-order valence-corrected chi connectivity index (χ4v) is 1.52. The largest absolute Gasteiger partial charge is 0.314 e. The van der Waals surface area contributed by atoms with Crippen LogP contribution < -0.4 is 0 Å². The van der Waals surface area contributed by atoms with Crippen molar-refractivity contribution in [1.82, 2.24) is 14.8 Å². The first-order valence-corrected chi connectivity index (χ1v) is 4.24. The lowest BCUT2D eigenvalue weighted by molar-refractivity contribution is -0.119. The molecule has 0 atom stereocenters. The zero-order chi connectivity index (χ0) is 8.55. The molecule has 2 rings (SSSR count). The maximum atomic E-state index is 11.0. The van der Waals surface area contributed by atoms with Crippen molar-refractivity contribution in [3.63, 3.8) is 0 Å². The summed E-state index contributed by atoms with van der Waals surface area (Å²) in [5.41, 5.74) is 0. The summed E-state index contributed by atoms with van der Waals surface area (Å²) in [7, 11) is 0. The van der Waals surface area contributed by atoms with Crippen molar-refractivity contribution >= 4 is 5.78 Å². The third kappa shape index (κ3) is 1.03. The molecule has 2 heterocycles. The van der Waals surface area contributed by atoms with Crippen LogP contribution in [0.25, 0.3) is 0 Å². The molecule has 0 unspecified atom stereocenters. The van der Waals surface area contributed by atoms with E-state index in [1.165, 1.54) is 0 Å². The van der Waals surface area contributed by atoms with E-state index in [1.54, 1.807) is 0 Å². The predicted octanol–water partition coefficient (Wildman–Crippen LogP) is 0.356. The third-order valence-electron chi connectivity index (χ3n) is 2.19. The van der Waals surface area contributed by atoms with Gasteiger partial charge in [-0.1, -0.05) is 6.92 Å². The minimum Gasteiger partial charge on any atom is -0.314 e. The molecule has 4 heteroatoms. The number of aromatic nitrogens is 3. The van der Waals surface area contributed by atoms with Crippen LogP contribution in [0.5, 0.6) is 0 Å². The molecule has 1 aliphatic rings. The van der Waals surface area contributed by atoms with E-state index in [0.717, 1.165) is 24.6 Å². The van der Waals surface area contributed by atoms with Crippen LogP contribution >= 0.6 is 0 Å². The van der Waals surface area contributed by atoms with E-state index in [2.05, 4.69) is 14.8 Å². The molecule has 0 spiro atoms. The highest BCUT2D eigenvalue weighted by Gasteiger charge is 2.19. The summed E-state index contributed by atoms with van der Waals surface area (Å²) in [6, 6.07) is 0. The summed E-state index contributed by atoms with van der Waals surface area (Å²) >= 11 is 0. The second-order valence-electron chi connectivity index (χ2n) is 3.00. The van der Waals surface area contributed by atoms with Crippen molar-refractivity contribution in [2.75, 3.05) is 0 Å². The Kier molecular flexibility index (Phi) is 1.67. The molecule has 1 aromatic rings. The van der Waals surface area contributed by atoms with Crippen molar-refractivity contribution in [3.8, 4) is 0 Å². The van der Waals surface area contributed by atoms with Gasteiger partial charge in [0, 0.05) is 19.4 Å². The number of hydrogen-bond donors (Lipinski definition) is 0. The maximum absolute atomic E-state index is 11.0. The van der Waals surface area contributed by atoms with Gasteiger partial charge in [0.15, 0.2) is 0 Å². The molecule has 12 heavy (non-hydrogen) atoms. The molecular formula is C8H11N3O. The van der Waals surface area contributed by atoms with Gasteiger partial charge in [-0.05, 0) is 0 Å². The molecule has 1 aliphatic heterocycles. The van der Waals surface area contributed by atoms with Gasteiger partial charge in [-0.3, -0.25) is 4.79 Å². The smallest absolute Gasteiger partial charge is 0.142 e. The monoisotopic (exact) mass is 165 g/mol. The van der Waals surface area contributed by atoms with Crippen LogP contribution in [0, 0.1) is 0 Å². The Hall–Kier alpha value is -1.19. The summed E-state index contributed by atoms with van der Waals surface area (Å²) in [5, 5.41) is 7.98. The highest BCUT2D eigenvalue weighted by Crippen LogP contribution is 2.11. The van der Waals surface area contributed by atoms with Gasteiger partial charge in [-0.15, -0.1) is 10.2 Å². The van der Waals surface area contributed by atoms with E-state index in [9.17, 15) is 4.79 Å². The molecule has 4 nitrogen and oxygen atoms in total. The van der Waals surface area contributed by atoms with Gasteiger partial charge >= 0.3 is 0 Å². The number of hydrogen-bond acceptors (Lipinski definition) is 3. The van der Waals surface area contributed by atoms with Crippen LogP contribution in [0.15, 0.2) is 0 Å². The van der Waals surface area contributed by atoms with Crippen LogP contribution in [-0.4, -0.2) is 20.5 Å². The first kappa shape index (κ1) is 7.46. The highest BCUT2D eigenvalue weighted by molar-refractivity contribution is 5.80. The minimum absolute atomic E-state index is 0.276. The molecule has 0 radical (unpaired) electrons. The predicted molar refractivity (Wildman–Crippen MR) is 42.7 cm³/mol. The lowest BCUT2D eigenvalue weighted by Crippen LogP contribution is -2.20. The van der Waals surface area contributed by atoms with Gasteiger partial charge < -0.3 is 4.57 Å². The Balaban J connectivity index is 2.38. The number of Topliss-reactive ketones (excluding diaryl/α,β-unsaturated/α-hetero) is 1. The molecule has 0 saturated heterocycles. The zero-order valence-corrected chi connectivity index (χ0v) is 7.08. The fraction of sp³-hybridized carbons (Fsp3) is 0.625. The highest BCUT2D eigenvalue weighted by atomic mass is 16.1. The Morgan fingerprint density at radius 3 is 3.08 bits per heavy atom. The Morgan fingerprint density at radius 1 is 1.50 bits per heavy atom. The molecule has 0 N–H and O–H groups in total. The number of ketones is 1. The minimum atomic E-state index is 0.276. The summed E-state index contributed by atoms with van der Waals surface area (Å²) < 4.78 is 2.06. The van der Waals surface area contributed by atoms with Crippen molar-refractivity contribution in [3.05, 3.63) is 11.6 Å². The Bertz CT molecular complexity index is 316. The average molecular weight is 165 g/mol. The maximum Gasteiger partial charge on any atom is 0.142 e. The summed E-state index contributed by atoms with van der Waals surface area (Å²) in [6.07, 6.45) is 1.99. The number of carbonyl (C=O) groups excluding carboxylic acids is 1. The number of aryl methyl sites for hydroxylation is 1.